The van der Waals surface area contributed by atoms with Crippen molar-refractivity contribution in [2.75, 3.05) is 26.2 Å². The highest BCUT2D eigenvalue weighted by Gasteiger charge is 2.49. The molecule has 0 saturated carbocycles. The first kappa shape index (κ1) is 29.4. The molecule has 3 amide bonds. The number of nitriles is 1. The summed E-state index contributed by atoms with van der Waals surface area (Å²) in [5.74, 6) is -0.896. The molecular formula is C30H31F3N4O5. The SMILES string of the molecule is C[C@]1(N2Cc3c(OCCCN4CCC(C#N)(c5ccccc5OC(F)(F)F)CC4)cccc3C2=O)CCC(=O)NC1=O. The van der Waals surface area contributed by atoms with E-state index in [1.54, 1.807) is 31.2 Å². The number of amides is 3. The zero-order valence-corrected chi connectivity index (χ0v) is 23.1. The summed E-state index contributed by atoms with van der Waals surface area (Å²) >= 11 is 0. The number of likely N-dealkylation sites (tertiary alicyclic amines) is 1. The molecule has 5 rings (SSSR count). The van der Waals surface area contributed by atoms with Crippen molar-refractivity contribution in [1.82, 2.24) is 15.1 Å². The largest absolute Gasteiger partial charge is 0.573 e. The van der Waals surface area contributed by atoms with E-state index >= 15 is 0 Å². The fourth-order valence-electron chi connectivity index (χ4n) is 6.04. The minimum atomic E-state index is -4.85. The van der Waals surface area contributed by atoms with Crippen LogP contribution >= 0.6 is 0 Å². The van der Waals surface area contributed by atoms with Gasteiger partial charge in [-0.15, -0.1) is 13.2 Å². The van der Waals surface area contributed by atoms with Gasteiger partial charge in [-0.2, -0.15) is 5.26 Å². The lowest BCUT2D eigenvalue weighted by Gasteiger charge is -2.39. The van der Waals surface area contributed by atoms with Gasteiger partial charge >= 0.3 is 6.36 Å². The highest BCUT2D eigenvalue weighted by molar-refractivity contribution is 6.07. The quantitative estimate of drug-likeness (QED) is 0.368. The van der Waals surface area contributed by atoms with E-state index in [4.69, 9.17) is 4.74 Å². The zero-order chi connectivity index (χ0) is 30.1. The van der Waals surface area contributed by atoms with Crippen LogP contribution < -0.4 is 14.8 Å². The molecule has 0 bridgehead atoms. The predicted octanol–water partition coefficient (Wildman–Crippen LogP) is 4.06. The van der Waals surface area contributed by atoms with Crippen LogP contribution in [0.1, 0.15) is 60.5 Å². The summed E-state index contributed by atoms with van der Waals surface area (Å²) < 4.78 is 49.1. The van der Waals surface area contributed by atoms with Crippen molar-refractivity contribution in [2.45, 2.75) is 62.9 Å². The Morgan fingerprint density at radius 1 is 1.02 bits per heavy atom. The normalized spacial score (nSPS) is 22.4. The number of para-hydroxylation sites is 1. The van der Waals surface area contributed by atoms with Gasteiger partial charge in [0.15, 0.2) is 0 Å². The molecular weight excluding hydrogens is 553 g/mol. The number of rotatable bonds is 8. The molecule has 0 unspecified atom stereocenters. The summed E-state index contributed by atoms with van der Waals surface area (Å²) in [7, 11) is 0. The number of hydrogen-bond acceptors (Lipinski definition) is 7. The first-order valence-corrected chi connectivity index (χ1v) is 13.9. The summed E-state index contributed by atoms with van der Waals surface area (Å²) in [6.07, 6.45) is -3.06. The molecule has 2 fully saturated rings. The van der Waals surface area contributed by atoms with Gasteiger partial charge in [0.25, 0.3) is 11.8 Å². The Bertz CT molecular complexity index is 1430. The van der Waals surface area contributed by atoms with Crippen LogP contribution in [0, 0.1) is 11.3 Å². The molecule has 3 aliphatic rings. The lowest BCUT2D eigenvalue weighted by Crippen LogP contribution is -2.61. The van der Waals surface area contributed by atoms with E-state index in [0.717, 1.165) is 0 Å². The number of nitrogens with zero attached hydrogens (tertiary/aromatic N) is 3. The highest BCUT2D eigenvalue weighted by atomic mass is 19.4. The van der Waals surface area contributed by atoms with Crippen molar-refractivity contribution in [1.29, 1.82) is 5.26 Å². The molecule has 0 radical (unpaired) electrons. The molecule has 222 valence electrons. The third-order valence-electron chi connectivity index (χ3n) is 8.53. The van der Waals surface area contributed by atoms with Gasteiger partial charge in [0, 0.05) is 29.7 Å². The van der Waals surface area contributed by atoms with Crippen molar-refractivity contribution in [2.24, 2.45) is 0 Å². The molecule has 9 nitrogen and oxygen atoms in total. The van der Waals surface area contributed by atoms with E-state index in [2.05, 4.69) is 21.0 Å². The fourth-order valence-corrected chi connectivity index (χ4v) is 6.04. The number of alkyl halides is 3. The van der Waals surface area contributed by atoms with Gasteiger partial charge in [-0.05, 0) is 63.9 Å². The van der Waals surface area contributed by atoms with Gasteiger partial charge in [-0.3, -0.25) is 19.7 Å². The second-order valence-corrected chi connectivity index (χ2v) is 11.1. The maximum atomic E-state index is 13.2. The molecule has 3 aliphatic heterocycles. The Morgan fingerprint density at radius 3 is 2.43 bits per heavy atom. The summed E-state index contributed by atoms with van der Waals surface area (Å²) in [5, 5.41) is 12.3. The van der Waals surface area contributed by atoms with E-state index in [9.17, 15) is 32.8 Å². The number of halogens is 3. The van der Waals surface area contributed by atoms with E-state index < -0.39 is 23.2 Å². The third kappa shape index (κ3) is 5.66. The number of benzene rings is 2. The first-order chi connectivity index (χ1) is 20.0. The van der Waals surface area contributed by atoms with E-state index in [-0.39, 0.29) is 42.5 Å². The second kappa shape index (κ2) is 11.3. The second-order valence-electron chi connectivity index (χ2n) is 11.1. The van der Waals surface area contributed by atoms with Crippen LogP contribution in [-0.2, 0) is 21.5 Å². The highest BCUT2D eigenvalue weighted by Crippen LogP contribution is 2.42. The Kier molecular flexibility index (Phi) is 7.90. The van der Waals surface area contributed by atoms with Crippen molar-refractivity contribution < 1.29 is 37.0 Å². The van der Waals surface area contributed by atoms with Gasteiger partial charge in [0.1, 0.15) is 17.0 Å². The Balaban J connectivity index is 1.16. The van der Waals surface area contributed by atoms with Crippen molar-refractivity contribution >= 4 is 17.7 Å². The summed E-state index contributed by atoms with van der Waals surface area (Å²) in [6.45, 7) is 3.95. The van der Waals surface area contributed by atoms with Gasteiger partial charge < -0.3 is 19.3 Å². The smallest absolute Gasteiger partial charge is 0.493 e. The van der Waals surface area contributed by atoms with Gasteiger partial charge in [-0.1, -0.05) is 24.3 Å². The number of ether oxygens (including phenoxy) is 2. The standard InChI is InChI=1S/C30H31F3N4O5/c1-28(11-10-25(38)35-27(28)40)37-18-21-20(26(37)39)6-4-9-23(21)41-17-5-14-36-15-12-29(19-34,13-16-36)22-7-2-3-8-24(22)42-30(31,32)33/h2-4,6-9H,5,10-18H2,1H3,(H,35,38,40)/t28-/m0/s1. The van der Waals surface area contributed by atoms with Gasteiger partial charge in [0.2, 0.25) is 5.91 Å². The van der Waals surface area contributed by atoms with E-state index in [0.29, 0.717) is 62.4 Å². The molecule has 0 aliphatic carbocycles. The Hall–Kier alpha value is -4.11. The minimum Gasteiger partial charge on any atom is -0.493 e. The molecule has 42 heavy (non-hydrogen) atoms. The average molecular weight is 585 g/mol. The van der Waals surface area contributed by atoms with Crippen molar-refractivity contribution in [3.8, 4) is 17.6 Å². The Labute approximate surface area is 241 Å². The lowest BCUT2D eigenvalue weighted by molar-refractivity contribution is -0.275. The molecule has 1 atom stereocenters. The van der Waals surface area contributed by atoms with E-state index in [1.807, 2.05) is 0 Å². The monoisotopic (exact) mass is 584 g/mol. The van der Waals surface area contributed by atoms with Crippen LogP contribution in [-0.4, -0.2) is 65.7 Å². The topological polar surface area (TPSA) is 112 Å². The van der Waals surface area contributed by atoms with Crippen molar-refractivity contribution in [3.63, 3.8) is 0 Å². The van der Waals surface area contributed by atoms with Crippen LogP contribution in [0.15, 0.2) is 42.5 Å². The van der Waals surface area contributed by atoms with E-state index in [1.165, 1.54) is 23.1 Å². The number of imide groups is 1. The van der Waals surface area contributed by atoms with Crippen LogP contribution in [0.4, 0.5) is 13.2 Å². The van der Waals surface area contributed by atoms with Gasteiger partial charge in [0.05, 0.1) is 24.6 Å². The maximum absolute atomic E-state index is 13.2. The minimum absolute atomic E-state index is 0.158. The molecule has 2 aromatic rings. The summed E-state index contributed by atoms with van der Waals surface area (Å²) in [5.41, 5.74) is -0.785. The predicted molar refractivity (Wildman–Crippen MR) is 143 cm³/mol. The fraction of sp³-hybridized carbons (Fsp3) is 0.467. The number of hydrogen-bond donors (Lipinski definition) is 1. The lowest BCUT2D eigenvalue weighted by atomic mass is 9.73. The summed E-state index contributed by atoms with van der Waals surface area (Å²) in [4.78, 5) is 41.1. The molecule has 1 N–H and O–H groups in total. The van der Waals surface area contributed by atoms with Gasteiger partial charge in [-0.25, -0.2) is 0 Å². The molecule has 12 heteroatoms. The number of carbonyl (C=O) groups excluding carboxylic acids is 3. The zero-order valence-electron chi connectivity index (χ0n) is 23.1. The number of carbonyl (C=O) groups is 3. The molecule has 0 spiro atoms. The van der Waals surface area contributed by atoms with Crippen molar-refractivity contribution in [3.05, 3.63) is 59.2 Å². The number of fused-ring (bicyclic) bond motifs is 1. The number of piperidine rings is 2. The average Bonchev–Trinajstić information content (AvgIpc) is 3.31. The third-order valence-corrected chi connectivity index (χ3v) is 8.53. The molecule has 3 heterocycles. The maximum Gasteiger partial charge on any atom is 0.573 e. The first-order valence-electron chi connectivity index (χ1n) is 13.9. The van der Waals surface area contributed by atoms with Crippen LogP contribution in [0.3, 0.4) is 0 Å². The molecule has 2 aromatic carbocycles. The number of nitrogens with one attached hydrogen (secondary N) is 1. The van der Waals surface area contributed by atoms with Crippen LogP contribution in [0.5, 0.6) is 11.5 Å². The molecule has 2 saturated heterocycles. The summed E-state index contributed by atoms with van der Waals surface area (Å²) in [6, 6.07) is 13.3. The van der Waals surface area contributed by atoms with Crippen LogP contribution in [0.2, 0.25) is 0 Å². The Morgan fingerprint density at radius 2 is 1.74 bits per heavy atom. The molecule has 0 aromatic heterocycles. The van der Waals surface area contributed by atoms with Crippen LogP contribution in [0.25, 0.3) is 0 Å².